The molecule has 1 N–H and O–H groups in total. The first-order chi connectivity index (χ1) is 15.1. The van der Waals surface area contributed by atoms with Gasteiger partial charge in [-0.25, -0.2) is 24.8 Å². The number of allylic oxidation sites excluding steroid dienone is 1. The van der Waals surface area contributed by atoms with Gasteiger partial charge in [0.2, 0.25) is 5.96 Å². The molecule has 2 aromatic rings. The van der Waals surface area contributed by atoms with Crippen LogP contribution in [0.5, 0.6) is 0 Å². The van der Waals surface area contributed by atoms with Crippen LogP contribution >= 0.6 is 11.6 Å². The Bertz CT molecular complexity index is 1090. The van der Waals surface area contributed by atoms with Gasteiger partial charge in [-0.05, 0) is 50.1 Å². The summed E-state index contributed by atoms with van der Waals surface area (Å²) in [5.41, 5.74) is 7.85. The second-order valence-corrected chi connectivity index (χ2v) is 8.70. The summed E-state index contributed by atoms with van der Waals surface area (Å²) in [7, 11) is 0. The lowest BCUT2D eigenvalue weighted by Crippen LogP contribution is -2.45. The fourth-order valence-corrected chi connectivity index (χ4v) is 4.84. The first kappa shape index (κ1) is 20.4. The van der Waals surface area contributed by atoms with E-state index in [0.717, 1.165) is 48.7 Å². The van der Waals surface area contributed by atoms with E-state index in [1.807, 2.05) is 48.3 Å². The highest BCUT2D eigenvalue weighted by atomic mass is 35.5. The van der Waals surface area contributed by atoms with Crippen LogP contribution < -0.4 is 5.43 Å². The Hall–Kier alpha value is -2.54. The molecule has 2 aromatic carbocycles. The number of aliphatic imine (C=N–C) groups is 2. The third-order valence-electron chi connectivity index (χ3n) is 6.10. The smallest absolute Gasteiger partial charge is 0.241 e. The van der Waals surface area contributed by atoms with Gasteiger partial charge in [0, 0.05) is 46.6 Å². The molecule has 0 saturated carbocycles. The summed E-state index contributed by atoms with van der Waals surface area (Å²) in [5.74, 6) is 0.920. The van der Waals surface area contributed by atoms with E-state index in [0.29, 0.717) is 29.7 Å². The number of nitrogens with one attached hydrogen (secondary N) is 1. The lowest BCUT2D eigenvalue weighted by atomic mass is 9.92. The molecule has 1 fully saturated rings. The van der Waals surface area contributed by atoms with Crippen molar-refractivity contribution in [3.63, 3.8) is 0 Å². The van der Waals surface area contributed by atoms with Crippen molar-refractivity contribution >= 4 is 23.3 Å². The Balaban J connectivity index is 1.31. The van der Waals surface area contributed by atoms with Crippen LogP contribution in [0.2, 0.25) is 5.02 Å². The van der Waals surface area contributed by atoms with E-state index in [2.05, 4.69) is 26.4 Å². The number of rotatable bonds is 4. The maximum atomic E-state index is 15.0. The Morgan fingerprint density at radius 3 is 2.94 bits per heavy atom. The summed E-state index contributed by atoms with van der Waals surface area (Å²) >= 11 is 6.28. The molecule has 3 aliphatic rings. The monoisotopic (exact) mass is 437 g/mol. The highest BCUT2D eigenvalue weighted by Crippen LogP contribution is 2.31. The van der Waals surface area contributed by atoms with Crippen molar-refractivity contribution < 1.29 is 4.39 Å². The molecule has 5 nitrogen and oxygen atoms in total. The molecule has 3 heterocycles. The van der Waals surface area contributed by atoms with Crippen molar-refractivity contribution in [1.82, 2.24) is 15.3 Å². The predicted molar refractivity (Wildman–Crippen MR) is 123 cm³/mol. The number of fused-ring (bicyclic) bond motifs is 1. The van der Waals surface area contributed by atoms with E-state index in [1.54, 1.807) is 6.07 Å². The molecule has 0 radical (unpaired) electrons. The van der Waals surface area contributed by atoms with Crippen LogP contribution in [0, 0.1) is 11.7 Å². The molecule has 0 amide bonds. The van der Waals surface area contributed by atoms with E-state index in [-0.39, 0.29) is 5.82 Å². The zero-order chi connectivity index (χ0) is 21.4. The van der Waals surface area contributed by atoms with E-state index in [4.69, 9.17) is 11.6 Å². The van der Waals surface area contributed by atoms with Gasteiger partial charge in [0.1, 0.15) is 12.5 Å². The summed E-state index contributed by atoms with van der Waals surface area (Å²) in [6.45, 7) is 5.02. The number of guanidine groups is 1. The van der Waals surface area contributed by atoms with Gasteiger partial charge in [-0.2, -0.15) is 0 Å². The van der Waals surface area contributed by atoms with Gasteiger partial charge in [-0.15, -0.1) is 0 Å². The summed E-state index contributed by atoms with van der Waals surface area (Å²) in [4.78, 5) is 11.3. The number of hydrogen-bond acceptors (Lipinski definition) is 5. The third kappa shape index (κ3) is 4.15. The number of halogens is 2. The van der Waals surface area contributed by atoms with E-state index >= 15 is 0 Å². The number of hydrazine groups is 1. The second kappa shape index (κ2) is 8.54. The minimum Gasteiger partial charge on any atom is -0.298 e. The van der Waals surface area contributed by atoms with Crippen LogP contribution in [0.25, 0.3) is 11.1 Å². The third-order valence-corrected chi connectivity index (χ3v) is 6.43. The molecule has 5 rings (SSSR count). The maximum Gasteiger partial charge on any atom is 0.241 e. The van der Waals surface area contributed by atoms with Gasteiger partial charge >= 0.3 is 0 Å². The van der Waals surface area contributed by atoms with Gasteiger partial charge < -0.3 is 0 Å². The molecule has 0 bridgehead atoms. The molecule has 1 unspecified atom stereocenters. The molecule has 7 heteroatoms. The molecule has 3 aliphatic heterocycles. The number of piperidine rings is 1. The van der Waals surface area contributed by atoms with E-state index < -0.39 is 0 Å². The van der Waals surface area contributed by atoms with Crippen molar-refractivity contribution in [2.75, 3.05) is 19.8 Å². The van der Waals surface area contributed by atoms with Crippen LogP contribution in [0.1, 0.15) is 25.3 Å². The van der Waals surface area contributed by atoms with Gasteiger partial charge in [-0.1, -0.05) is 41.9 Å². The summed E-state index contributed by atoms with van der Waals surface area (Å²) in [6, 6.07) is 13.0. The second-order valence-electron chi connectivity index (χ2n) is 8.29. The average molecular weight is 438 g/mol. The first-order valence-electron chi connectivity index (χ1n) is 10.7. The summed E-state index contributed by atoms with van der Waals surface area (Å²) in [6.07, 6.45) is 4.33. The lowest BCUT2D eigenvalue weighted by molar-refractivity contribution is 0.165. The Morgan fingerprint density at radius 2 is 2.10 bits per heavy atom. The van der Waals surface area contributed by atoms with Crippen molar-refractivity contribution in [3.05, 3.63) is 70.6 Å². The highest BCUT2D eigenvalue weighted by Gasteiger charge is 2.32. The number of benzene rings is 2. The average Bonchev–Trinajstić information content (AvgIpc) is 3.23. The zero-order valence-electron chi connectivity index (χ0n) is 17.5. The first-order valence-corrected chi connectivity index (χ1v) is 11.1. The van der Waals surface area contributed by atoms with E-state index in [1.165, 1.54) is 5.70 Å². The Kier molecular flexibility index (Phi) is 5.61. The Labute approximate surface area is 186 Å². The molecule has 1 saturated heterocycles. The van der Waals surface area contributed by atoms with Crippen LogP contribution in [0.3, 0.4) is 0 Å². The standard InChI is InChI=1S/C24H25ClFN5/c1-16-11-23(31-24(29-16)27-15-28-31)19-5-4-10-30(14-19)13-18-9-8-17(12-22(18)26)20-6-2-3-7-21(20)25/h2-3,6-9,11-12,19,28H,4-5,10,13-15H2,1H3. The highest BCUT2D eigenvalue weighted by molar-refractivity contribution is 6.33. The van der Waals surface area contributed by atoms with Gasteiger partial charge in [-0.3, -0.25) is 4.90 Å². The molecule has 1 atom stereocenters. The fraction of sp³-hybridized carbons (Fsp3) is 0.333. The van der Waals surface area contributed by atoms with Gasteiger partial charge in [0.05, 0.1) is 0 Å². The molecule has 0 spiro atoms. The number of hydrogen-bond donors (Lipinski definition) is 1. The molecule has 0 aliphatic carbocycles. The quantitative estimate of drug-likeness (QED) is 0.743. The normalized spacial score (nSPS) is 21.5. The van der Waals surface area contributed by atoms with Crippen LogP contribution in [0.15, 0.2) is 64.2 Å². The topological polar surface area (TPSA) is 43.2 Å². The number of likely N-dealkylation sites (tertiary alicyclic amines) is 1. The number of nitrogens with zero attached hydrogens (tertiary/aromatic N) is 4. The van der Waals surface area contributed by atoms with Gasteiger partial charge in [0.25, 0.3) is 0 Å². The predicted octanol–water partition coefficient (Wildman–Crippen LogP) is 4.85. The molecular weight excluding hydrogens is 413 g/mol. The van der Waals surface area contributed by atoms with Crippen LogP contribution in [-0.4, -0.2) is 41.3 Å². The molecule has 160 valence electrons. The zero-order valence-corrected chi connectivity index (χ0v) is 18.2. The molecule has 0 aromatic heterocycles. The summed E-state index contributed by atoms with van der Waals surface area (Å²) in [5, 5.41) is 2.65. The Morgan fingerprint density at radius 1 is 1.23 bits per heavy atom. The molecule has 31 heavy (non-hydrogen) atoms. The van der Waals surface area contributed by atoms with Crippen LogP contribution in [-0.2, 0) is 6.54 Å². The van der Waals surface area contributed by atoms with Crippen molar-refractivity contribution in [1.29, 1.82) is 0 Å². The lowest BCUT2D eigenvalue weighted by Gasteiger charge is -2.37. The van der Waals surface area contributed by atoms with Crippen molar-refractivity contribution in [2.45, 2.75) is 26.3 Å². The minimum atomic E-state index is -0.185. The minimum absolute atomic E-state index is 0.185. The van der Waals surface area contributed by atoms with Crippen molar-refractivity contribution in [2.24, 2.45) is 15.9 Å². The van der Waals surface area contributed by atoms with Gasteiger partial charge in [0.15, 0.2) is 0 Å². The largest absolute Gasteiger partial charge is 0.298 e. The van der Waals surface area contributed by atoms with Crippen molar-refractivity contribution in [3.8, 4) is 11.1 Å². The van der Waals surface area contributed by atoms with E-state index in [9.17, 15) is 4.39 Å². The van der Waals surface area contributed by atoms with Crippen LogP contribution in [0.4, 0.5) is 4.39 Å². The molecular formula is C24H25ClFN5. The fourth-order valence-electron chi connectivity index (χ4n) is 4.60. The SMILES string of the molecule is CC1=NC2=NCNN2C(C2CCCN(Cc3ccc(-c4ccccc4Cl)cc3F)C2)=C1. The summed E-state index contributed by atoms with van der Waals surface area (Å²) < 4.78 is 15.0. The maximum absolute atomic E-state index is 15.0.